The Hall–Kier alpha value is -1.14. The highest BCUT2D eigenvalue weighted by Crippen LogP contribution is 2.07. The summed E-state index contributed by atoms with van der Waals surface area (Å²) >= 11 is 0. The Morgan fingerprint density at radius 2 is 1.69 bits per heavy atom. The first-order chi connectivity index (χ1) is 7.22. The standard InChI is InChI=1S/C6H12O3.C4H9NO2/c1-3-5(4(2)7)6(8)9;1-3(6)2-4(5)7/h4-5,7H,3H2,1-2H3,(H,8,9);3,6H,2H2,1H3,(H2,5,7)/t4-,5?;3-/m00/s1. The molecule has 0 aliphatic heterocycles. The van der Waals surface area contributed by atoms with E-state index in [-0.39, 0.29) is 6.42 Å². The van der Waals surface area contributed by atoms with Crippen LogP contribution in [0.25, 0.3) is 0 Å². The van der Waals surface area contributed by atoms with Crippen LogP contribution in [0, 0.1) is 5.92 Å². The molecule has 0 aromatic rings. The summed E-state index contributed by atoms with van der Waals surface area (Å²) in [4.78, 5) is 20.1. The monoisotopic (exact) mass is 235 g/mol. The van der Waals surface area contributed by atoms with Gasteiger partial charge in [-0.25, -0.2) is 0 Å². The van der Waals surface area contributed by atoms with E-state index in [0.717, 1.165) is 0 Å². The summed E-state index contributed by atoms with van der Waals surface area (Å²) in [7, 11) is 0. The molecular formula is C10H21NO5. The average Bonchev–Trinajstić information content (AvgIpc) is 2.01. The molecule has 3 atom stereocenters. The molecule has 5 N–H and O–H groups in total. The first kappa shape index (κ1) is 17.3. The first-order valence-corrected chi connectivity index (χ1v) is 5.09. The van der Waals surface area contributed by atoms with Gasteiger partial charge in [-0.15, -0.1) is 0 Å². The number of aliphatic hydroxyl groups is 2. The van der Waals surface area contributed by atoms with Crippen LogP contribution in [0.4, 0.5) is 0 Å². The third-order valence-electron chi connectivity index (χ3n) is 1.84. The molecule has 0 aromatic heterocycles. The summed E-state index contributed by atoms with van der Waals surface area (Å²) in [6.45, 7) is 4.75. The van der Waals surface area contributed by atoms with Crippen molar-refractivity contribution in [3.63, 3.8) is 0 Å². The molecular weight excluding hydrogens is 214 g/mol. The number of carboxylic acids is 1. The fraction of sp³-hybridized carbons (Fsp3) is 0.800. The molecule has 0 aliphatic carbocycles. The van der Waals surface area contributed by atoms with Gasteiger partial charge in [-0.3, -0.25) is 9.59 Å². The molecule has 0 fully saturated rings. The fourth-order valence-electron chi connectivity index (χ4n) is 1.01. The summed E-state index contributed by atoms with van der Waals surface area (Å²) in [5.74, 6) is -1.99. The minimum Gasteiger partial charge on any atom is -0.481 e. The van der Waals surface area contributed by atoms with Gasteiger partial charge in [0.1, 0.15) is 0 Å². The molecule has 0 radical (unpaired) electrons. The van der Waals surface area contributed by atoms with Crippen LogP contribution in [0.15, 0.2) is 0 Å². The van der Waals surface area contributed by atoms with E-state index < -0.39 is 30.0 Å². The van der Waals surface area contributed by atoms with E-state index in [1.807, 2.05) is 0 Å². The highest BCUT2D eigenvalue weighted by atomic mass is 16.4. The smallest absolute Gasteiger partial charge is 0.309 e. The highest BCUT2D eigenvalue weighted by molar-refractivity contribution is 5.74. The molecule has 6 nitrogen and oxygen atoms in total. The number of aliphatic hydroxyl groups excluding tert-OH is 2. The number of carboxylic acid groups (broad SMARTS) is 1. The molecule has 0 aromatic carbocycles. The van der Waals surface area contributed by atoms with Gasteiger partial charge in [0.2, 0.25) is 5.91 Å². The van der Waals surface area contributed by atoms with Gasteiger partial charge in [0.15, 0.2) is 0 Å². The van der Waals surface area contributed by atoms with E-state index in [1.54, 1.807) is 6.92 Å². The van der Waals surface area contributed by atoms with E-state index in [0.29, 0.717) is 6.42 Å². The van der Waals surface area contributed by atoms with Crippen LogP contribution >= 0.6 is 0 Å². The van der Waals surface area contributed by atoms with Crippen molar-refractivity contribution in [1.82, 2.24) is 0 Å². The Balaban J connectivity index is 0. The molecule has 0 aliphatic rings. The topological polar surface area (TPSA) is 121 Å². The van der Waals surface area contributed by atoms with Crippen molar-refractivity contribution < 1.29 is 24.9 Å². The Morgan fingerprint density at radius 1 is 1.25 bits per heavy atom. The van der Waals surface area contributed by atoms with Gasteiger partial charge in [0.05, 0.1) is 24.5 Å². The van der Waals surface area contributed by atoms with Crippen molar-refractivity contribution in [2.45, 2.75) is 45.8 Å². The van der Waals surface area contributed by atoms with Crippen LogP contribution in [0.1, 0.15) is 33.6 Å². The summed E-state index contributed by atoms with van der Waals surface area (Å²) in [6.07, 6.45) is -0.808. The summed E-state index contributed by atoms with van der Waals surface area (Å²) in [5, 5.41) is 25.6. The molecule has 96 valence electrons. The van der Waals surface area contributed by atoms with Gasteiger partial charge >= 0.3 is 5.97 Å². The maximum Gasteiger partial charge on any atom is 0.309 e. The number of primary amides is 1. The Morgan fingerprint density at radius 3 is 1.69 bits per heavy atom. The van der Waals surface area contributed by atoms with Crippen molar-refractivity contribution in [3.05, 3.63) is 0 Å². The van der Waals surface area contributed by atoms with Gasteiger partial charge in [-0.2, -0.15) is 0 Å². The first-order valence-electron chi connectivity index (χ1n) is 5.09. The lowest BCUT2D eigenvalue weighted by Crippen LogP contribution is -2.24. The zero-order valence-electron chi connectivity index (χ0n) is 9.88. The van der Waals surface area contributed by atoms with Gasteiger partial charge in [0, 0.05) is 0 Å². The van der Waals surface area contributed by atoms with E-state index in [2.05, 4.69) is 0 Å². The van der Waals surface area contributed by atoms with Gasteiger partial charge in [-0.1, -0.05) is 6.92 Å². The maximum absolute atomic E-state index is 10.2. The molecule has 6 heteroatoms. The summed E-state index contributed by atoms with van der Waals surface area (Å²) < 4.78 is 0. The second kappa shape index (κ2) is 9.11. The summed E-state index contributed by atoms with van der Waals surface area (Å²) in [6, 6.07) is 0. The van der Waals surface area contributed by atoms with E-state index in [4.69, 9.17) is 21.1 Å². The van der Waals surface area contributed by atoms with Crippen molar-refractivity contribution in [2.24, 2.45) is 11.7 Å². The largest absolute Gasteiger partial charge is 0.481 e. The average molecular weight is 235 g/mol. The van der Waals surface area contributed by atoms with Crippen LogP contribution < -0.4 is 5.73 Å². The second-order valence-electron chi connectivity index (χ2n) is 3.61. The minimum atomic E-state index is -0.924. The quantitative estimate of drug-likeness (QED) is 0.522. The number of hydrogen-bond acceptors (Lipinski definition) is 4. The molecule has 0 heterocycles. The molecule has 1 unspecified atom stereocenters. The number of rotatable bonds is 5. The summed E-state index contributed by atoms with van der Waals surface area (Å²) in [5.41, 5.74) is 4.69. The van der Waals surface area contributed by atoms with Crippen molar-refractivity contribution in [2.75, 3.05) is 0 Å². The zero-order valence-corrected chi connectivity index (χ0v) is 9.88. The van der Waals surface area contributed by atoms with Gasteiger partial charge in [0.25, 0.3) is 0 Å². The van der Waals surface area contributed by atoms with Crippen molar-refractivity contribution >= 4 is 11.9 Å². The normalized spacial score (nSPS) is 15.3. The lowest BCUT2D eigenvalue weighted by molar-refractivity contribution is -0.145. The Labute approximate surface area is 95.1 Å². The highest BCUT2D eigenvalue weighted by Gasteiger charge is 2.19. The van der Waals surface area contributed by atoms with Crippen LogP contribution in [0.3, 0.4) is 0 Å². The van der Waals surface area contributed by atoms with Crippen molar-refractivity contribution in [1.29, 1.82) is 0 Å². The number of amides is 1. The van der Waals surface area contributed by atoms with Crippen LogP contribution in [-0.2, 0) is 9.59 Å². The molecule has 1 amide bonds. The van der Waals surface area contributed by atoms with Crippen LogP contribution in [0.5, 0.6) is 0 Å². The molecule has 0 saturated heterocycles. The van der Waals surface area contributed by atoms with Gasteiger partial charge in [-0.05, 0) is 20.3 Å². The SMILES string of the molecule is CCC(C(=O)O)[C@H](C)O.C[C@H](O)CC(N)=O. The predicted octanol–water partition coefficient (Wildman–Crippen LogP) is -0.279. The molecule has 16 heavy (non-hydrogen) atoms. The number of carbonyl (C=O) groups is 2. The zero-order chi connectivity index (χ0) is 13.3. The van der Waals surface area contributed by atoms with E-state index in [9.17, 15) is 9.59 Å². The number of carbonyl (C=O) groups excluding carboxylic acids is 1. The van der Waals surface area contributed by atoms with E-state index >= 15 is 0 Å². The second-order valence-corrected chi connectivity index (χ2v) is 3.61. The predicted molar refractivity (Wildman–Crippen MR) is 58.6 cm³/mol. The number of nitrogens with two attached hydrogens (primary N) is 1. The number of aliphatic carboxylic acids is 1. The molecule has 0 bridgehead atoms. The Kier molecular flexibility index (Phi) is 9.83. The van der Waals surface area contributed by atoms with Crippen LogP contribution in [-0.4, -0.2) is 39.4 Å². The minimum absolute atomic E-state index is 0.0556. The third kappa shape index (κ3) is 10.9. The number of hydrogen-bond donors (Lipinski definition) is 4. The lowest BCUT2D eigenvalue weighted by atomic mass is 10.0. The van der Waals surface area contributed by atoms with Crippen LogP contribution in [0.2, 0.25) is 0 Å². The van der Waals surface area contributed by atoms with Gasteiger partial charge < -0.3 is 21.1 Å². The van der Waals surface area contributed by atoms with Crippen molar-refractivity contribution in [3.8, 4) is 0 Å². The molecule has 0 rings (SSSR count). The van der Waals surface area contributed by atoms with E-state index in [1.165, 1.54) is 13.8 Å². The lowest BCUT2D eigenvalue weighted by Gasteiger charge is -2.11. The maximum atomic E-state index is 10.2. The Bertz CT molecular complexity index is 215. The fourth-order valence-corrected chi connectivity index (χ4v) is 1.01. The molecule has 0 spiro atoms. The molecule has 0 saturated carbocycles. The third-order valence-corrected chi connectivity index (χ3v) is 1.84.